The van der Waals surface area contributed by atoms with Crippen molar-refractivity contribution in [2.24, 2.45) is 0 Å². The number of aryl methyl sites for hydroxylation is 2. The summed E-state index contributed by atoms with van der Waals surface area (Å²) in [5, 5.41) is 3.08. The number of benzene rings is 2. The third-order valence-electron chi connectivity index (χ3n) is 4.12. The van der Waals surface area contributed by atoms with Crippen LogP contribution < -0.4 is 0 Å². The smallest absolute Gasteiger partial charge is 0.0723 e. The maximum absolute atomic E-state index is 6.10. The van der Waals surface area contributed by atoms with E-state index in [1.807, 2.05) is 24.4 Å². The number of nitrogens with zero attached hydrogens (tertiary/aromatic N) is 1. The van der Waals surface area contributed by atoms with Crippen molar-refractivity contribution in [3.63, 3.8) is 0 Å². The van der Waals surface area contributed by atoms with E-state index in [1.54, 1.807) is 0 Å². The first kappa shape index (κ1) is 13.4. The largest absolute Gasteiger partial charge is 0.358 e. The quantitative estimate of drug-likeness (QED) is 0.483. The molecule has 0 saturated carbocycles. The highest BCUT2D eigenvalue weighted by Gasteiger charge is 2.13. The minimum atomic E-state index is 0.712. The number of aromatic amines is 1. The summed E-state index contributed by atoms with van der Waals surface area (Å²) in [6.07, 6.45) is 1.85. The van der Waals surface area contributed by atoms with Crippen LogP contribution in [0.25, 0.3) is 32.9 Å². The van der Waals surface area contributed by atoms with Crippen LogP contribution in [0.15, 0.2) is 48.7 Å². The lowest BCUT2D eigenvalue weighted by Crippen LogP contribution is -1.86. The van der Waals surface area contributed by atoms with Crippen molar-refractivity contribution >= 4 is 33.4 Å². The molecule has 22 heavy (non-hydrogen) atoms. The molecule has 108 valence electrons. The van der Waals surface area contributed by atoms with Crippen LogP contribution in [0.5, 0.6) is 0 Å². The van der Waals surface area contributed by atoms with Gasteiger partial charge in [-0.25, -0.2) is 0 Å². The third kappa shape index (κ3) is 1.99. The minimum absolute atomic E-state index is 0.712. The Morgan fingerprint density at radius 2 is 1.82 bits per heavy atom. The summed E-state index contributed by atoms with van der Waals surface area (Å²) in [5.74, 6) is 0. The summed E-state index contributed by atoms with van der Waals surface area (Å²) < 4.78 is 0. The summed E-state index contributed by atoms with van der Waals surface area (Å²) in [5.41, 5.74) is 6.95. The number of nitrogens with one attached hydrogen (secondary N) is 1. The van der Waals surface area contributed by atoms with Gasteiger partial charge in [0.15, 0.2) is 0 Å². The Bertz CT molecular complexity index is 1010. The summed E-state index contributed by atoms with van der Waals surface area (Å²) in [6.45, 7) is 4.24. The van der Waals surface area contributed by atoms with Gasteiger partial charge < -0.3 is 4.98 Å². The Morgan fingerprint density at radius 3 is 2.68 bits per heavy atom. The number of hydrogen-bond acceptors (Lipinski definition) is 1. The van der Waals surface area contributed by atoms with Crippen LogP contribution in [0, 0.1) is 13.8 Å². The molecule has 2 nitrogen and oxygen atoms in total. The van der Waals surface area contributed by atoms with Gasteiger partial charge in [0.25, 0.3) is 0 Å². The average Bonchev–Trinajstić information content (AvgIpc) is 2.81. The van der Waals surface area contributed by atoms with Crippen LogP contribution >= 0.6 is 11.6 Å². The molecular weight excluding hydrogens is 292 g/mol. The van der Waals surface area contributed by atoms with Crippen LogP contribution in [-0.4, -0.2) is 9.97 Å². The van der Waals surface area contributed by atoms with Gasteiger partial charge in [-0.15, -0.1) is 0 Å². The van der Waals surface area contributed by atoms with Crippen LogP contribution in [-0.2, 0) is 0 Å². The molecule has 0 radical (unpaired) electrons. The molecule has 0 aliphatic carbocycles. The van der Waals surface area contributed by atoms with Crippen molar-refractivity contribution in [3.8, 4) is 11.1 Å². The fourth-order valence-electron chi connectivity index (χ4n) is 3.13. The molecule has 2 heterocycles. The number of rotatable bonds is 1. The summed E-state index contributed by atoms with van der Waals surface area (Å²) in [6, 6.07) is 14.5. The zero-order chi connectivity index (χ0) is 15.3. The number of hydrogen-bond donors (Lipinski definition) is 1. The van der Waals surface area contributed by atoms with Crippen LogP contribution in [0.4, 0.5) is 0 Å². The maximum Gasteiger partial charge on any atom is 0.0723 e. The molecule has 0 aliphatic rings. The highest BCUT2D eigenvalue weighted by molar-refractivity contribution is 6.31. The first-order valence-electron chi connectivity index (χ1n) is 7.27. The topological polar surface area (TPSA) is 28.7 Å². The summed E-state index contributed by atoms with van der Waals surface area (Å²) in [4.78, 5) is 7.93. The van der Waals surface area contributed by atoms with E-state index in [4.69, 9.17) is 11.6 Å². The molecule has 4 aromatic rings. The normalized spacial score (nSPS) is 11.4. The predicted octanol–water partition coefficient (Wildman–Crippen LogP) is 5.65. The fraction of sp³-hybridized carbons (Fsp3) is 0.105. The maximum atomic E-state index is 6.10. The predicted molar refractivity (Wildman–Crippen MR) is 93.5 cm³/mol. The zero-order valence-corrected chi connectivity index (χ0v) is 13.2. The third-order valence-corrected chi connectivity index (χ3v) is 4.35. The minimum Gasteiger partial charge on any atom is -0.358 e. The van der Waals surface area contributed by atoms with E-state index in [0.717, 1.165) is 16.4 Å². The molecule has 1 N–H and O–H groups in total. The molecular formula is C19H15ClN2. The van der Waals surface area contributed by atoms with E-state index >= 15 is 0 Å². The summed E-state index contributed by atoms with van der Waals surface area (Å²) in [7, 11) is 0. The van der Waals surface area contributed by atoms with E-state index in [2.05, 4.69) is 48.1 Å². The highest BCUT2D eigenvalue weighted by Crippen LogP contribution is 2.36. The lowest BCUT2D eigenvalue weighted by Gasteiger charge is -2.07. The van der Waals surface area contributed by atoms with Gasteiger partial charge in [0.2, 0.25) is 0 Å². The first-order valence-corrected chi connectivity index (χ1v) is 7.65. The molecule has 0 unspecified atom stereocenters. The van der Waals surface area contributed by atoms with Gasteiger partial charge in [0.05, 0.1) is 5.52 Å². The monoisotopic (exact) mass is 306 g/mol. The van der Waals surface area contributed by atoms with Gasteiger partial charge in [-0.1, -0.05) is 29.3 Å². The molecule has 0 bridgehead atoms. The molecule has 0 atom stereocenters. The van der Waals surface area contributed by atoms with Crippen molar-refractivity contribution in [1.29, 1.82) is 0 Å². The SMILES string of the molecule is Cc1ccc2[nH]c(C)c(-c3ccnc4cc(Cl)ccc34)c2c1. The van der Waals surface area contributed by atoms with Crippen LogP contribution in [0.2, 0.25) is 5.02 Å². The Kier molecular flexibility index (Phi) is 2.95. The van der Waals surface area contributed by atoms with Crippen LogP contribution in [0.3, 0.4) is 0 Å². The molecule has 0 aliphatic heterocycles. The van der Waals surface area contributed by atoms with Crippen LogP contribution in [0.1, 0.15) is 11.3 Å². The lowest BCUT2D eigenvalue weighted by atomic mass is 9.98. The summed E-state index contributed by atoms with van der Waals surface area (Å²) >= 11 is 6.10. The fourth-order valence-corrected chi connectivity index (χ4v) is 3.29. The standard InChI is InChI=1S/C19H15ClN2/c1-11-3-6-17-16(9-11)19(12(2)22-17)15-7-8-21-18-10-13(20)4-5-14(15)18/h3-10,22H,1-2H3. The van der Waals surface area contributed by atoms with Gasteiger partial charge in [-0.05, 0) is 49.7 Å². The van der Waals surface area contributed by atoms with Gasteiger partial charge >= 0.3 is 0 Å². The van der Waals surface area contributed by atoms with Crippen molar-refractivity contribution in [1.82, 2.24) is 9.97 Å². The number of H-pyrrole nitrogens is 1. The van der Waals surface area contributed by atoms with E-state index in [-0.39, 0.29) is 0 Å². The Hall–Kier alpha value is -2.32. The molecule has 0 saturated heterocycles. The Balaban J connectivity index is 2.11. The van der Waals surface area contributed by atoms with Crippen molar-refractivity contribution < 1.29 is 0 Å². The Morgan fingerprint density at radius 1 is 0.955 bits per heavy atom. The molecule has 2 aromatic carbocycles. The second-order valence-corrected chi connectivity index (χ2v) is 6.13. The van der Waals surface area contributed by atoms with Crippen molar-refractivity contribution in [2.75, 3.05) is 0 Å². The highest BCUT2D eigenvalue weighted by atomic mass is 35.5. The number of aromatic nitrogens is 2. The van der Waals surface area contributed by atoms with E-state index in [1.165, 1.54) is 27.8 Å². The van der Waals surface area contributed by atoms with E-state index in [9.17, 15) is 0 Å². The molecule has 0 amide bonds. The number of halogens is 1. The average molecular weight is 307 g/mol. The first-order chi connectivity index (χ1) is 10.6. The van der Waals surface area contributed by atoms with E-state index in [0.29, 0.717) is 5.02 Å². The number of fused-ring (bicyclic) bond motifs is 2. The van der Waals surface area contributed by atoms with E-state index < -0.39 is 0 Å². The van der Waals surface area contributed by atoms with Crippen molar-refractivity contribution in [2.45, 2.75) is 13.8 Å². The molecule has 2 aromatic heterocycles. The van der Waals surface area contributed by atoms with Gasteiger partial charge in [-0.3, -0.25) is 4.98 Å². The zero-order valence-electron chi connectivity index (χ0n) is 12.4. The second-order valence-electron chi connectivity index (χ2n) is 5.69. The van der Waals surface area contributed by atoms with Gasteiger partial charge in [-0.2, -0.15) is 0 Å². The van der Waals surface area contributed by atoms with Gasteiger partial charge in [0, 0.05) is 38.8 Å². The Labute approximate surface area is 133 Å². The molecule has 4 rings (SSSR count). The second kappa shape index (κ2) is 4.85. The molecule has 0 spiro atoms. The number of pyridine rings is 1. The molecule has 0 fully saturated rings. The lowest BCUT2D eigenvalue weighted by molar-refractivity contribution is 1.30. The van der Waals surface area contributed by atoms with Crippen molar-refractivity contribution in [3.05, 3.63) is 64.9 Å². The molecule has 3 heteroatoms. The van der Waals surface area contributed by atoms with Gasteiger partial charge in [0.1, 0.15) is 0 Å².